The van der Waals surface area contributed by atoms with Gasteiger partial charge in [0.2, 0.25) is 0 Å². The lowest BCUT2D eigenvalue weighted by Crippen LogP contribution is -2.46. The third-order valence-corrected chi connectivity index (χ3v) is 3.13. The van der Waals surface area contributed by atoms with Gasteiger partial charge in [-0.1, -0.05) is 0 Å². The second-order valence-corrected chi connectivity index (χ2v) is 5.29. The number of carbonyl (C=O) groups is 1. The Hall–Kier alpha value is -2.15. The lowest BCUT2D eigenvalue weighted by atomic mass is 10.3. The lowest BCUT2D eigenvalue weighted by Gasteiger charge is -2.28. The standard InChI is InChI=1S/C14H21N5O2/c1-10(2)18(9-11(3)20)14(21)16-8-12-4-6-15-13-5-7-17-19(12)13/h4-7,10-11,20H,8-9H2,1-3H3,(H,16,21). The fourth-order valence-electron chi connectivity index (χ4n) is 2.10. The van der Waals surface area contributed by atoms with E-state index in [9.17, 15) is 9.90 Å². The molecule has 21 heavy (non-hydrogen) atoms. The fraction of sp³-hybridized carbons (Fsp3) is 0.500. The molecule has 7 nitrogen and oxygen atoms in total. The molecule has 2 amide bonds. The summed E-state index contributed by atoms with van der Waals surface area (Å²) in [6, 6.07) is 3.43. The summed E-state index contributed by atoms with van der Waals surface area (Å²) >= 11 is 0. The van der Waals surface area contributed by atoms with Crippen LogP contribution in [-0.4, -0.2) is 49.3 Å². The number of nitrogens with one attached hydrogen (secondary N) is 1. The number of rotatable bonds is 5. The van der Waals surface area contributed by atoms with E-state index in [-0.39, 0.29) is 12.1 Å². The monoisotopic (exact) mass is 291 g/mol. The molecule has 0 bridgehead atoms. The van der Waals surface area contributed by atoms with Crippen LogP contribution in [0.1, 0.15) is 26.5 Å². The molecular weight excluding hydrogens is 270 g/mol. The van der Waals surface area contributed by atoms with Crippen LogP contribution < -0.4 is 5.32 Å². The van der Waals surface area contributed by atoms with E-state index in [0.717, 1.165) is 11.3 Å². The summed E-state index contributed by atoms with van der Waals surface area (Å²) in [5.41, 5.74) is 1.59. The second kappa shape index (κ2) is 6.53. The molecule has 0 saturated carbocycles. The summed E-state index contributed by atoms with van der Waals surface area (Å²) < 4.78 is 1.69. The van der Waals surface area contributed by atoms with Crippen LogP contribution in [0.4, 0.5) is 4.79 Å². The number of hydrogen-bond donors (Lipinski definition) is 2. The minimum absolute atomic E-state index is 0.0155. The van der Waals surface area contributed by atoms with Gasteiger partial charge in [0.25, 0.3) is 0 Å². The van der Waals surface area contributed by atoms with E-state index in [1.54, 1.807) is 34.8 Å². The number of carbonyl (C=O) groups excluding carboxylic acids is 1. The van der Waals surface area contributed by atoms with Crippen molar-refractivity contribution in [3.8, 4) is 0 Å². The molecule has 0 aliphatic carbocycles. The maximum Gasteiger partial charge on any atom is 0.318 e. The predicted octanol–water partition coefficient (Wildman–Crippen LogP) is 1.03. The summed E-state index contributed by atoms with van der Waals surface area (Å²) in [6.07, 6.45) is 2.80. The first kappa shape index (κ1) is 15.2. The Bertz CT molecular complexity index is 608. The average molecular weight is 291 g/mol. The second-order valence-electron chi connectivity index (χ2n) is 5.29. The summed E-state index contributed by atoms with van der Waals surface area (Å²) in [6.45, 7) is 6.15. The first-order chi connectivity index (χ1) is 9.99. The molecule has 1 atom stereocenters. The Labute approximate surface area is 123 Å². The number of nitrogens with zero attached hydrogens (tertiary/aromatic N) is 4. The third-order valence-electron chi connectivity index (χ3n) is 3.13. The van der Waals surface area contributed by atoms with Crippen molar-refractivity contribution in [2.24, 2.45) is 0 Å². The molecule has 7 heteroatoms. The van der Waals surface area contributed by atoms with Gasteiger partial charge in [-0.2, -0.15) is 5.10 Å². The first-order valence-electron chi connectivity index (χ1n) is 6.99. The van der Waals surface area contributed by atoms with Crippen molar-refractivity contribution >= 4 is 11.7 Å². The molecule has 1 unspecified atom stereocenters. The van der Waals surface area contributed by atoms with Crippen LogP contribution in [0.3, 0.4) is 0 Å². The Morgan fingerprint density at radius 1 is 1.38 bits per heavy atom. The number of amides is 2. The SMILES string of the molecule is CC(O)CN(C(=O)NCc1ccnc2ccnn12)C(C)C. The molecule has 0 aliphatic heterocycles. The normalized spacial score (nSPS) is 12.6. The van der Waals surface area contributed by atoms with Gasteiger partial charge in [0.15, 0.2) is 5.65 Å². The molecule has 2 heterocycles. The molecule has 2 rings (SSSR count). The Kier molecular flexibility index (Phi) is 4.74. The van der Waals surface area contributed by atoms with E-state index in [1.165, 1.54) is 0 Å². The molecule has 2 N–H and O–H groups in total. The maximum atomic E-state index is 12.2. The third kappa shape index (κ3) is 3.69. The van der Waals surface area contributed by atoms with Crippen LogP contribution >= 0.6 is 0 Å². The smallest absolute Gasteiger partial charge is 0.318 e. The van der Waals surface area contributed by atoms with Crippen molar-refractivity contribution in [3.05, 3.63) is 30.2 Å². The molecule has 0 spiro atoms. The zero-order valence-corrected chi connectivity index (χ0v) is 12.5. The fourth-order valence-corrected chi connectivity index (χ4v) is 2.10. The largest absolute Gasteiger partial charge is 0.392 e. The topological polar surface area (TPSA) is 82.8 Å². The van der Waals surface area contributed by atoms with E-state index in [4.69, 9.17) is 0 Å². The van der Waals surface area contributed by atoms with Gasteiger partial charge in [-0.3, -0.25) is 0 Å². The highest BCUT2D eigenvalue weighted by Gasteiger charge is 2.18. The quantitative estimate of drug-likeness (QED) is 0.862. The van der Waals surface area contributed by atoms with Crippen molar-refractivity contribution in [1.82, 2.24) is 24.8 Å². The highest BCUT2D eigenvalue weighted by molar-refractivity contribution is 5.74. The number of aliphatic hydroxyl groups is 1. The van der Waals surface area contributed by atoms with Gasteiger partial charge < -0.3 is 15.3 Å². The van der Waals surface area contributed by atoms with Crippen LogP contribution in [-0.2, 0) is 6.54 Å². The van der Waals surface area contributed by atoms with E-state index in [0.29, 0.717) is 13.1 Å². The summed E-state index contributed by atoms with van der Waals surface area (Å²) in [5.74, 6) is 0. The van der Waals surface area contributed by atoms with Crippen molar-refractivity contribution < 1.29 is 9.90 Å². The van der Waals surface area contributed by atoms with Crippen molar-refractivity contribution in [3.63, 3.8) is 0 Å². The van der Waals surface area contributed by atoms with Gasteiger partial charge in [-0.25, -0.2) is 14.3 Å². The average Bonchev–Trinajstić information content (AvgIpc) is 2.90. The van der Waals surface area contributed by atoms with Crippen molar-refractivity contribution in [1.29, 1.82) is 0 Å². The highest BCUT2D eigenvalue weighted by Crippen LogP contribution is 2.05. The van der Waals surface area contributed by atoms with Crippen LogP contribution in [0.5, 0.6) is 0 Å². The van der Waals surface area contributed by atoms with Crippen LogP contribution in [0.15, 0.2) is 24.5 Å². The van der Waals surface area contributed by atoms with Gasteiger partial charge in [0, 0.05) is 24.8 Å². The van der Waals surface area contributed by atoms with Crippen LogP contribution in [0, 0.1) is 0 Å². The molecule has 0 fully saturated rings. The van der Waals surface area contributed by atoms with E-state index in [1.807, 2.05) is 19.9 Å². The van der Waals surface area contributed by atoms with Crippen molar-refractivity contribution in [2.75, 3.05) is 6.54 Å². The minimum atomic E-state index is -0.558. The molecule has 0 aromatic carbocycles. The zero-order chi connectivity index (χ0) is 15.4. The lowest BCUT2D eigenvalue weighted by molar-refractivity contribution is 0.118. The number of hydrogen-bond acceptors (Lipinski definition) is 4. The first-order valence-corrected chi connectivity index (χ1v) is 6.99. The molecule has 0 radical (unpaired) electrons. The summed E-state index contributed by atoms with van der Waals surface area (Å²) in [4.78, 5) is 18.0. The number of fused-ring (bicyclic) bond motifs is 1. The number of urea groups is 1. The van der Waals surface area contributed by atoms with Gasteiger partial charge >= 0.3 is 6.03 Å². The molecular formula is C14H21N5O2. The van der Waals surface area contributed by atoms with Crippen molar-refractivity contribution in [2.45, 2.75) is 39.5 Å². The van der Waals surface area contributed by atoms with Crippen LogP contribution in [0.2, 0.25) is 0 Å². The van der Waals surface area contributed by atoms with Gasteiger partial charge in [-0.05, 0) is 26.8 Å². The molecule has 2 aromatic heterocycles. The van der Waals surface area contributed by atoms with Crippen LogP contribution in [0.25, 0.3) is 5.65 Å². The van der Waals surface area contributed by atoms with Gasteiger partial charge in [-0.15, -0.1) is 0 Å². The minimum Gasteiger partial charge on any atom is -0.392 e. The molecule has 0 saturated heterocycles. The highest BCUT2D eigenvalue weighted by atomic mass is 16.3. The Morgan fingerprint density at radius 2 is 2.14 bits per heavy atom. The number of aromatic nitrogens is 3. The van der Waals surface area contributed by atoms with Gasteiger partial charge in [0.05, 0.1) is 24.5 Å². The molecule has 114 valence electrons. The van der Waals surface area contributed by atoms with E-state index >= 15 is 0 Å². The molecule has 0 aliphatic rings. The Balaban J connectivity index is 2.04. The molecule has 2 aromatic rings. The predicted molar refractivity (Wildman–Crippen MR) is 78.7 cm³/mol. The maximum absolute atomic E-state index is 12.2. The van der Waals surface area contributed by atoms with E-state index < -0.39 is 6.10 Å². The Morgan fingerprint density at radius 3 is 2.81 bits per heavy atom. The van der Waals surface area contributed by atoms with E-state index in [2.05, 4.69) is 15.4 Å². The van der Waals surface area contributed by atoms with Gasteiger partial charge in [0.1, 0.15) is 0 Å². The summed E-state index contributed by atoms with van der Waals surface area (Å²) in [5, 5.41) is 16.5. The number of aliphatic hydroxyl groups excluding tert-OH is 1. The zero-order valence-electron chi connectivity index (χ0n) is 12.5. The summed E-state index contributed by atoms with van der Waals surface area (Å²) in [7, 11) is 0.